The molecular formula is C28H28F3N7O2. The molecule has 1 fully saturated rings. The van der Waals surface area contributed by atoms with Crippen LogP contribution in [0.15, 0.2) is 53.3 Å². The second kappa shape index (κ2) is 11.1. The highest BCUT2D eigenvalue weighted by Crippen LogP contribution is 2.35. The molecule has 2 N–H and O–H groups in total. The van der Waals surface area contributed by atoms with Gasteiger partial charge in [-0.25, -0.2) is 15.0 Å². The van der Waals surface area contributed by atoms with Crippen LogP contribution in [-0.2, 0) is 6.18 Å². The summed E-state index contributed by atoms with van der Waals surface area (Å²) in [6.45, 7) is 6.18. The number of alkyl halides is 3. The Kier molecular flexibility index (Phi) is 7.63. The van der Waals surface area contributed by atoms with Crippen molar-refractivity contribution in [3.05, 3.63) is 75.8 Å². The van der Waals surface area contributed by atoms with E-state index in [2.05, 4.69) is 42.1 Å². The Morgan fingerprint density at radius 2 is 1.68 bits per heavy atom. The molecule has 1 amide bonds. The molecule has 0 aliphatic carbocycles. The summed E-state index contributed by atoms with van der Waals surface area (Å²) >= 11 is 0. The van der Waals surface area contributed by atoms with Crippen LogP contribution in [0.25, 0.3) is 33.7 Å². The molecule has 1 aliphatic heterocycles. The number of H-pyrrole nitrogens is 1. The van der Waals surface area contributed by atoms with Crippen molar-refractivity contribution in [3.63, 3.8) is 0 Å². The summed E-state index contributed by atoms with van der Waals surface area (Å²) in [4.78, 5) is 45.7. The van der Waals surface area contributed by atoms with Crippen molar-refractivity contribution in [2.24, 2.45) is 0 Å². The van der Waals surface area contributed by atoms with Crippen molar-refractivity contribution in [2.45, 2.75) is 13.1 Å². The van der Waals surface area contributed by atoms with E-state index in [0.29, 0.717) is 18.7 Å². The fourth-order valence-corrected chi connectivity index (χ4v) is 4.63. The fourth-order valence-electron chi connectivity index (χ4n) is 4.63. The van der Waals surface area contributed by atoms with E-state index in [4.69, 9.17) is 0 Å². The number of pyridine rings is 2. The van der Waals surface area contributed by atoms with E-state index in [1.165, 1.54) is 19.1 Å². The van der Waals surface area contributed by atoms with Crippen LogP contribution in [0, 0.1) is 6.92 Å². The van der Waals surface area contributed by atoms with Crippen LogP contribution in [0.1, 0.15) is 21.7 Å². The molecule has 4 heterocycles. The number of rotatable bonds is 6. The molecule has 12 heteroatoms. The minimum Gasteiger partial charge on any atom is -0.351 e. The van der Waals surface area contributed by atoms with Gasteiger partial charge < -0.3 is 15.2 Å². The van der Waals surface area contributed by atoms with Crippen LogP contribution in [0.3, 0.4) is 0 Å². The molecule has 208 valence electrons. The Hall–Kier alpha value is -4.16. The Bertz CT molecular complexity index is 1600. The van der Waals surface area contributed by atoms with Crippen molar-refractivity contribution >= 4 is 17.1 Å². The monoisotopic (exact) mass is 551 g/mol. The number of likely N-dealkylation sites (N-methyl/N-ethyl adjacent to an activating group) is 1. The summed E-state index contributed by atoms with van der Waals surface area (Å²) < 4.78 is 40.7. The zero-order valence-corrected chi connectivity index (χ0v) is 22.0. The maximum Gasteiger partial charge on any atom is 0.433 e. The molecule has 0 spiro atoms. The smallest absolute Gasteiger partial charge is 0.351 e. The van der Waals surface area contributed by atoms with E-state index >= 15 is 0 Å². The van der Waals surface area contributed by atoms with Crippen molar-refractivity contribution < 1.29 is 18.0 Å². The number of amides is 1. The van der Waals surface area contributed by atoms with Crippen molar-refractivity contribution in [1.29, 1.82) is 0 Å². The van der Waals surface area contributed by atoms with Crippen LogP contribution in [0.4, 0.5) is 13.2 Å². The summed E-state index contributed by atoms with van der Waals surface area (Å²) in [6.07, 6.45) is -4.65. The lowest BCUT2D eigenvalue weighted by Crippen LogP contribution is -2.47. The van der Waals surface area contributed by atoms with Crippen LogP contribution >= 0.6 is 0 Å². The fraction of sp³-hybridized carbons (Fsp3) is 0.321. The number of hydrogen-bond donors (Lipinski definition) is 2. The van der Waals surface area contributed by atoms with Gasteiger partial charge in [-0.2, -0.15) is 13.2 Å². The lowest BCUT2D eigenvalue weighted by Gasteiger charge is -2.32. The van der Waals surface area contributed by atoms with Gasteiger partial charge >= 0.3 is 6.18 Å². The molecule has 9 nitrogen and oxygen atoms in total. The number of fused-ring (bicyclic) bond motifs is 1. The highest BCUT2D eigenvalue weighted by Gasteiger charge is 2.33. The van der Waals surface area contributed by atoms with Gasteiger partial charge in [0.25, 0.3) is 11.5 Å². The summed E-state index contributed by atoms with van der Waals surface area (Å²) in [5, 5.41) is 2.78. The van der Waals surface area contributed by atoms with Gasteiger partial charge in [0.2, 0.25) is 0 Å². The molecule has 1 saturated heterocycles. The molecule has 1 aliphatic rings. The predicted molar refractivity (Wildman–Crippen MR) is 145 cm³/mol. The van der Waals surface area contributed by atoms with Gasteiger partial charge in [0.15, 0.2) is 5.65 Å². The molecular weight excluding hydrogens is 523 g/mol. The number of nitrogens with one attached hydrogen (secondary N) is 2. The quantitative estimate of drug-likeness (QED) is 0.379. The highest BCUT2D eigenvalue weighted by molar-refractivity contribution is 5.96. The van der Waals surface area contributed by atoms with Crippen LogP contribution in [0.5, 0.6) is 0 Å². The third-order valence-corrected chi connectivity index (χ3v) is 6.80. The normalized spacial score (nSPS) is 14.9. The van der Waals surface area contributed by atoms with E-state index in [1.807, 2.05) is 0 Å². The minimum atomic E-state index is -4.65. The zero-order valence-electron chi connectivity index (χ0n) is 22.0. The van der Waals surface area contributed by atoms with Gasteiger partial charge in [0.1, 0.15) is 16.8 Å². The summed E-state index contributed by atoms with van der Waals surface area (Å²) in [7, 11) is 2.06. The Morgan fingerprint density at radius 1 is 0.975 bits per heavy atom. The second-order valence-corrected chi connectivity index (χ2v) is 9.81. The number of aromatic nitrogens is 4. The topological polar surface area (TPSA) is 107 Å². The molecule has 40 heavy (non-hydrogen) atoms. The highest BCUT2D eigenvalue weighted by atomic mass is 19.4. The lowest BCUT2D eigenvalue weighted by molar-refractivity contribution is -0.141. The molecule has 0 saturated carbocycles. The number of halogens is 3. The van der Waals surface area contributed by atoms with Gasteiger partial charge in [-0.05, 0) is 32.2 Å². The molecule has 4 aromatic rings. The van der Waals surface area contributed by atoms with Crippen molar-refractivity contribution in [3.8, 4) is 22.5 Å². The molecule has 0 radical (unpaired) electrons. The summed E-state index contributed by atoms with van der Waals surface area (Å²) in [5.41, 5.74) is -0.179. The first kappa shape index (κ1) is 27.4. The average molecular weight is 552 g/mol. The molecule has 3 aromatic heterocycles. The van der Waals surface area contributed by atoms with Crippen LogP contribution < -0.4 is 10.9 Å². The van der Waals surface area contributed by atoms with Gasteiger partial charge in [-0.3, -0.25) is 14.5 Å². The van der Waals surface area contributed by atoms with E-state index < -0.39 is 23.3 Å². The minimum absolute atomic E-state index is 0.114. The van der Waals surface area contributed by atoms with Gasteiger partial charge in [0.05, 0.1) is 11.4 Å². The second-order valence-electron chi connectivity index (χ2n) is 9.81. The van der Waals surface area contributed by atoms with E-state index in [9.17, 15) is 22.8 Å². The number of carbonyl (C=O) groups is 1. The SMILES string of the molecule is Cc1cc(-c2nc3cc(C(=O)NCCN4CCN(C)CC4)c(=O)[nH]c3nc2-c2ccccc2)cc(C(F)(F)F)n1. The lowest BCUT2D eigenvalue weighted by atomic mass is 10.0. The van der Waals surface area contributed by atoms with Crippen LogP contribution in [-0.4, -0.2) is 82.0 Å². The standard InChI is InChI=1S/C28H28F3N7O2/c1-17-14-19(15-22(33-17)28(29,30)31)24-23(18-6-4-3-5-7-18)35-25-21(34-24)16-20(27(40)36-25)26(39)32-8-9-38-12-10-37(2)11-13-38/h3-7,14-16H,8-13H2,1-2H3,(H,32,39)(H,35,36,40). The molecule has 5 rings (SSSR count). The summed E-state index contributed by atoms with van der Waals surface area (Å²) in [6, 6.07) is 12.6. The van der Waals surface area contributed by atoms with Gasteiger partial charge in [0, 0.05) is 56.1 Å². The molecule has 0 unspecified atom stereocenters. The van der Waals surface area contributed by atoms with E-state index in [0.717, 1.165) is 32.2 Å². The number of piperazine rings is 1. The number of aromatic amines is 1. The Labute approximate surface area is 228 Å². The Balaban J connectivity index is 1.52. The van der Waals surface area contributed by atoms with Gasteiger partial charge in [-0.15, -0.1) is 0 Å². The average Bonchev–Trinajstić information content (AvgIpc) is 2.92. The predicted octanol–water partition coefficient (Wildman–Crippen LogP) is 3.35. The maximum atomic E-state index is 13.6. The molecule has 1 aromatic carbocycles. The number of aryl methyl sites for hydroxylation is 1. The third kappa shape index (κ3) is 6.02. The maximum absolute atomic E-state index is 13.6. The zero-order chi connectivity index (χ0) is 28.4. The molecule has 0 bridgehead atoms. The van der Waals surface area contributed by atoms with Crippen molar-refractivity contribution in [2.75, 3.05) is 46.3 Å². The van der Waals surface area contributed by atoms with Gasteiger partial charge in [-0.1, -0.05) is 30.3 Å². The number of nitrogens with zero attached hydrogens (tertiary/aromatic N) is 5. The number of benzene rings is 1. The number of carbonyl (C=O) groups excluding carboxylic acids is 1. The number of hydrogen-bond acceptors (Lipinski definition) is 7. The third-order valence-electron chi connectivity index (χ3n) is 6.80. The largest absolute Gasteiger partial charge is 0.433 e. The molecule has 0 atom stereocenters. The Morgan fingerprint density at radius 3 is 2.38 bits per heavy atom. The first-order valence-corrected chi connectivity index (χ1v) is 12.8. The first-order chi connectivity index (χ1) is 19.1. The van der Waals surface area contributed by atoms with Crippen molar-refractivity contribution in [1.82, 2.24) is 35.1 Å². The summed E-state index contributed by atoms with van der Waals surface area (Å²) in [5.74, 6) is -0.563. The van der Waals surface area contributed by atoms with Crippen LogP contribution in [0.2, 0.25) is 0 Å². The first-order valence-electron chi connectivity index (χ1n) is 12.8. The van der Waals surface area contributed by atoms with E-state index in [1.54, 1.807) is 30.3 Å². The van der Waals surface area contributed by atoms with E-state index in [-0.39, 0.29) is 39.4 Å².